The number of amides is 2. The second-order valence-corrected chi connectivity index (χ2v) is 6.89. The Hall–Kier alpha value is -3.48. The quantitative estimate of drug-likeness (QED) is 0.553. The van der Waals surface area contributed by atoms with Gasteiger partial charge in [0.15, 0.2) is 0 Å². The Labute approximate surface area is 170 Å². The number of aromatic nitrogens is 1. The Kier molecular flexibility index (Phi) is 6.39. The van der Waals surface area contributed by atoms with Crippen LogP contribution in [0.2, 0.25) is 0 Å². The highest BCUT2D eigenvalue weighted by molar-refractivity contribution is 5.93. The first kappa shape index (κ1) is 20.3. The molecule has 0 bridgehead atoms. The number of carbonyl (C=O) groups is 1. The van der Waals surface area contributed by atoms with Crippen molar-refractivity contribution in [3.8, 4) is 11.5 Å². The van der Waals surface area contributed by atoms with Gasteiger partial charge in [-0.05, 0) is 56.3 Å². The lowest BCUT2D eigenvalue weighted by Gasteiger charge is -2.13. The average molecular weight is 394 g/mol. The SMILES string of the molecule is COc1ccc(CNc2ccc3cc(NC(=O)NC(C)C)ccc3n2)c(OC)c1. The molecule has 3 N–H and O–H groups in total. The van der Waals surface area contributed by atoms with Gasteiger partial charge in [-0.2, -0.15) is 0 Å². The molecule has 0 radical (unpaired) electrons. The van der Waals surface area contributed by atoms with E-state index in [9.17, 15) is 4.79 Å². The summed E-state index contributed by atoms with van der Waals surface area (Å²) in [6, 6.07) is 15.1. The van der Waals surface area contributed by atoms with Gasteiger partial charge in [0.2, 0.25) is 0 Å². The number of carbonyl (C=O) groups excluding carboxylic acids is 1. The van der Waals surface area contributed by atoms with Crippen LogP contribution in [-0.4, -0.2) is 31.3 Å². The first-order valence-corrected chi connectivity index (χ1v) is 9.41. The van der Waals surface area contributed by atoms with Gasteiger partial charge in [0.05, 0.1) is 19.7 Å². The van der Waals surface area contributed by atoms with E-state index in [1.807, 2.05) is 62.4 Å². The fraction of sp³-hybridized carbons (Fsp3) is 0.273. The molecular weight excluding hydrogens is 368 g/mol. The zero-order valence-electron chi connectivity index (χ0n) is 17.1. The zero-order chi connectivity index (χ0) is 20.8. The zero-order valence-corrected chi connectivity index (χ0v) is 17.1. The number of hydrogen-bond donors (Lipinski definition) is 3. The molecule has 0 unspecified atom stereocenters. The number of benzene rings is 2. The van der Waals surface area contributed by atoms with E-state index in [1.54, 1.807) is 14.2 Å². The number of rotatable bonds is 7. The maximum atomic E-state index is 11.9. The van der Waals surface area contributed by atoms with Gasteiger partial charge in [0.1, 0.15) is 17.3 Å². The molecule has 0 saturated carbocycles. The van der Waals surface area contributed by atoms with Gasteiger partial charge in [0.25, 0.3) is 0 Å². The first-order chi connectivity index (χ1) is 14.0. The van der Waals surface area contributed by atoms with Crippen LogP contribution in [0.15, 0.2) is 48.5 Å². The third kappa shape index (κ3) is 5.28. The first-order valence-electron chi connectivity index (χ1n) is 9.41. The van der Waals surface area contributed by atoms with Crippen molar-refractivity contribution in [2.75, 3.05) is 24.9 Å². The van der Waals surface area contributed by atoms with Gasteiger partial charge in [-0.3, -0.25) is 0 Å². The minimum Gasteiger partial charge on any atom is -0.497 e. The lowest BCUT2D eigenvalue weighted by molar-refractivity contribution is 0.250. The van der Waals surface area contributed by atoms with Crippen molar-refractivity contribution in [1.29, 1.82) is 0 Å². The molecule has 3 rings (SSSR count). The second kappa shape index (κ2) is 9.14. The molecule has 0 aliphatic heterocycles. The van der Waals surface area contributed by atoms with Crippen LogP contribution in [0.4, 0.5) is 16.3 Å². The molecule has 0 spiro atoms. The number of hydrogen-bond acceptors (Lipinski definition) is 5. The van der Waals surface area contributed by atoms with E-state index in [2.05, 4.69) is 20.9 Å². The predicted octanol–water partition coefficient (Wildman–Crippen LogP) is 4.39. The summed E-state index contributed by atoms with van der Waals surface area (Å²) >= 11 is 0. The van der Waals surface area contributed by atoms with Crippen molar-refractivity contribution in [2.45, 2.75) is 26.4 Å². The topological polar surface area (TPSA) is 84.5 Å². The van der Waals surface area contributed by atoms with E-state index >= 15 is 0 Å². The van der Waals surface area contributed by atoms with Crippen LogP contribution in [0, 0.1) is 0 Å². The molecule has 7 heteroatoms. The molecule has 0 saturated heterocycles. The summed E-state index contributed by atoms with van der Waals surface area (Å²) in [6.45, 7) is 4.40. The van der Waals surface area contributed by atoms with Gasteiger partial charge in [-0.25, -0.2) is 9.78 Å². The van der Waals surface area contributed by atoms with E-state index in [-0.39, 0.29) is 12.1 Å². The fourth-order valence-electron chi connectivity index (χ4n) is 2.91. The van der Waals surface area contributed by atoms with Gasteiger partial charge < -0.3 is 25.4 Å². The summed E-state index contributed by atoms with van der Waals surface area (Å²) in [5.74, 6) is 2.27. The van der Waals surface area contributed by atoms with Crippen LogP contribution in [0.3, 0.4) is 0 Å². The number of nitrogens with one attached hydrogen (secondary N) is 3. The standard InChI is InChI=1S/C22H26N4O3/c1-14(2)24-22(27)25-17-7-9-19-15(11-17)6-10-21(26-19)23-13-16-5-8-18(28-3)12-20(16)29-4/h5-12,14H,13H2,1-4H3,(H,23,26)(H2,24,25,27). The van der Waals surface area contributed by atoms with Crippen molar-refractivity contribution < 1.29 is 14.3 Å². The molecular formula is C22H26N4O3. The van der Waals surface area contributed by atoms with E-state index in [0.29, 0.717) is 6.54 Å². The summed E-state index contributed by atoms with van der Waals surface area (Å²) in [5, 5.41) is 9.90. The molecule has 2 aromatic carbocycles. The normalized spacial score (nSPS) is 10.7. The minimum absolute atomic E-state index is 0.0788. The number of methoxy groups -OCH3 is 2. The number of nitrogens with zero attached hydrogens (tertiary/aromatic N) is 1. The molecule has 7 nitrogen and oxygen atoms in total. The highest BCUT2D eigenvalue weighted by Crippen LogP contribution is 2.26. The highest BCUT2D eigenvalue weighted by Gasteiger charge is 2.07. The Balaban J connectivity index is 1.70. The Bertz CT molecular complexity index is 1000. The summed E-state index contributed by atoms with van der Waals surface area (Å²) in [5.41, 5.74) is 2.57. The second-order valence-electron chi connectivity index (χ2n) is 6.89. The monoisotopic (exact) mass is 394 g/mol. The molecule has 152 valence electrons. The number of fused-ring (bicyclic) bond motifs is 1. The minimum atomic E-state index is -0.223. The van der Waals surface area contributed by atoms with Crippen LogP contribution in [0.25, 0.3) is 10.9 Å². The number of ether oxygens (including phenoxy) is 2. The Morgan fingerprint density at radius 3 is 2.59 bits per heavy atom. The van der Waals surface area contributed by atoms with Gasteiger partial charge in [0, 0.05) is 35.3 Å². The average Bonchev–Trinajstić information content (AvgIpc) is 2.71. The number of anilines is 2. The smallest absolute Gasteiger partial charge is 0.319 e. The molecule has 0 aliphatic carbocycles. The number of pyridine rings is 1. The molecule has 3 aromatic rings. The highest BCUT2D eigenvalue weighted by atomic mass is 16.5. The summed E-state index contributed by atoms with van der Waals surface area (Å²) in [7, 11) is 3.27. The fourth-order valence-corrected chi connectivity index (χ4v) is 2.91. The van der Waals surface area contributed by atoms with Gasteiger partial charge in [-0.15, -0.1) is 0 Å². The van der Waals surface area contributed by atoms with Crippen molar-refractivity contribution in [3.05, 3.63) is 54.1 Å². The molecule has 0 fully saturated rings. The number of urea groups is 1. The third-order valence-corrected chi connectivity index (χ3v) is 4.32. The maximum absolute atomic E-state index is 11.9. The van der Waals surface area contributed by atoms with Gasteiger partial charge in [-0.1, -0.05) is 0 Å². The van der Waals surface area contributed by atoms with Crippen LogP contribution >= 0.6 is 0 Å². The lowest BCUT2D eigenvalue weighted by Crippen LogP contribution is -2.34. The van der Waals surface area contributed by atoms with Crippen LogP contribution < -0.4 is 25.4 Å². The summed E-state index contributed by atoms with van der Waals surface area (Å²) in [6.07, 6.45) is 0. The molecule has 0 aliphatic rings. The molecule has 2 amide bonds. The molecule has 29 heavy (non-hydrogen) atoms. The van der Waals surface area contributed by atoms with Crippen molar-refractivity contribution in [3.63, 3.8) is 0 Å². The molecule has 1 heterocycles. The predicted molar refractivity (Wildman–Crippen MR) is 116 cm³/mol. The van der Waals surface area contributed by atoms with E-state index in [4.69, 9.17) is 9.47 Å². The Morgan fingerprint density at radius 1 is 1.03 bits per heavy atom. The van der Waals surface area contributed by atoms with Gasteiger partial charge >= 0.3 is 6.03 Å². The largest absolute Gasteiger partial charge is 0.497 e. The van der Waals surface area contributed by atoms with Crippen molar-refractivity contribution in [2.24, 2.45) is 0 Å². The summed E-state index contributed by atoms with van der Waals surface area (Å²) < 4.78 is 10.7. The lowest BCUT2D eigenvalue weighted by atomic mass is 10.1. The molecule has 1 aromatic heterocycles. The maximum Gasteiger partial charge on any atom is 0.319 e. The van der Waals surface area contributed by atoms with Crippen LogP contribution in [0.5, 0.6) is 11.5 Å². The van der Waals surface area contributed by atoms with Crippen LogP contribution in [-0.2, 0) is 6.54 Å². The van der Waals surface area contributed by atoms with E-state index in [0.717, 1.165) is 39.5 Å². The van der Waals surface area contributed by atoms with Crippen molar-refractivity contribution in [1.82, 2.24) is 10.3 Å². The Morgan fingerprint density at radius 2 is 1.86 bits per heavy atom. The third-order valence-electron chi connectivity index (χ3n) is 4.32. The van der Waals surface area contributed by atoms with Crippen LogP contribution in [0.1, 0.15) is 19.4 Å². The van der Waals surface area contributed by atoms with Crippen molar-refractivity contribution >= 4 is 28.4 Å². The van der Waals surface area contributed by atoms with E-state index in [1.165, 1.54) is 0 Å². The summed E-state index contributed by atoms with van der Waals surface area (Å²) in [4.78, 5) is 16.5. The van der Waals surface area contributed by atoms with E-state index < -0.39 is 0 Å². The molecule has 0 atom stereocenters.